The predicted molar refractivity (Wildman–Crippen MR) is 82.1 cm³/mol. The molecule has 0 aromatic heterocycles. The average molecular weight is 319 g/mol. The van der Waals surface area contributed by atoms with E-state index in [0.717, 1.165) is 11.1 Å². The SMILES string of the molecule is Cc1cc(OCC(F)F)ccc1C(C)NS(=O)C(C)(C)C. The maximum atomic E-state index is 12.1. The number of nitrogens with one attached hydrogen (secondary N) is 1. The maximum absolute atomic E-state index is 12.1. The fourth-order valence-electron chi connectivity index (χ4n) is 1.78. The minimum Gasteiger partial charge on any atom is -0.488 e. The first-order chi connectivity index (χ1) is 9.61. The molecular formula is C15H23F2NO2S. The summed E-state index contributed by atoms with van der Waals surface area (Å²) < 4.78 is 44.0. The summed E-state index contributed by atoms with van der Waals surface area (Å²) in [5.74, 6) is 0.417. The van der Waals surface area contributed by atoms with Crippen molar-refractivity contribution in [1.29, 1.82) is 0 Å². The lowest BCUT2D eigenvalue weighted by Crippen LogP contribution is -2.35. The van der Waals surface area contributed by atoms with Gasteiger partial charge in [-0.05, 0) is 57.9 Å². The van der Waals surface area contributed by atoms with Gasteiger partial charge >= 0.3 is 0 Å². The molecule has 1 N–H and O–H groups in total. The molecule has 1 rings (SSSR count). The molecule has 1 aromatic rings. The quantitative estimate of drug-likeness (QED) is 0.867. The summed E-state index contributed by atoms with van der Waals surface area (Å²) >= 11 is 0. The highest BCUT2D eigenvalue weighted by atomic mass is 32.2. The van der Waals surface area contributed by atoms with E-state index in [-0.39, 0.29) is 10.8 Å². The number of ether oxygens (including phenoxy) is 1. The van der Waals surface area contributed by atoms with Crippen LogP contribution in [0.2, 0.25) is 0 Å². The third-order valence-corrected chi connectivity index (χ3v) is 4.60. The van der Waals surface area contributed by atoms with E-state index in [2.05, 4.69) is 4.72 Å². The Balaban J connectivity index is 2.77. The Morgan fingerprint density at radius 3 is 2.43 bits per heavy atom. The van der Waals surface area contributed by atoms with Crippen LogP contribution in [0.5, 0.6) is 5.75 Å². The van der Waals surface area contributed by atoms with Gasteiger partial charge in [-0.25, -0.2) is 17.7 Å². The number of rotatable bonds is 6. The first-order valence-electron chi connectivity index (χ1n) is 6.81. The molecule has 1 aromatic carbocycles. The van der Waals surface area contributed by atoms with Crippen LogP contribution in [0.4, 0.5) is 8.78 Å². The van der Waals surface area contributed by atoms with Crippen LogP contribution >= 0.6 is 0 Å². The Labute approximate surface area is 127 Å². The minimum atomic E-state index is -2.49. The van der Waals surface area contributed by atoms with Crippen LogP contribution < -0.4 is 9.46 Å². The Hall–Kier alpha value is -1.01. The highest BCUT2D eigenvalue weighted by Crippen LogP contribution is 2.24. The molecular weight excluding hydrogens is 296 g/mol. The lowest BCUT2D eigenvalue weighted by Gasteiger charge is -2.23. The van der Waals surface area contributed by atoms with E-state index in [1.165, 1.54) is 0 Å². The van der Waals surface area contributed by atoms with Gasteiger partial charge in [0, 0.05) is 6.04 Å². The maximum Gasteiger partial charge on any atom is 0.272 e. The molecule has 0 amide bonds. The normalized spacial score (nSPS) is 15.0. The average Bonchev–Trinajstić information content (AvgIpc) is 2.34. The summed E-state index contributed by atoms with van der Waals surface area (Å²) in [6.45, 7) is 8.89. The van der Waals surface area contributed by atoms with E-state index in [9.17, 15) is 13.0 Å². The molecule has 0 radical (unpaired) electrons. The fourth-order valence-corrected chi connectivity index (χ4v) is 2.59. The summed E-state index contributed by atoms with van der Waals surface area (Å²) in [5, 5.41) is 0. The number of aryl methyl sites for hydroxylation is 1. The van der Waals surface area contributed by atoms with Crippen molar-refractivity contribution in [2.75, 3.05) is 6.61 Å². The predicted octanol–water partition coefficient (Wildman–Crippen LogP) is 3.75. The Kier molecular flexibility index (Phi) is 6.28. The van der Waals surface area contributed by atoms with E-state index in [0.29, 0.717) is 5.75 Å². The van der Waals surface area contributed by atoms with Crippen LogP contribution in [0.1, 0.15) is 44.9 Å². The topological polar surface area (TPSA) is 38.3 Å². The minimum absolute atomic E-state index is 0.103. The van der Waals surface area contributed by atoms with Gasteiger partial charge in [0.25, 0.3) is 6.43 Å². The van der Waals surface area contributed by atoms with E-state index in [1.54, 1.807) is 12.1 Å². The number of hydrogen-bond donors (Lipinski definition) is 1. The second-order valence-corrected chi connectivity index (χ2v) is 7.94. The number of hydrogen-bond acceptors (Lipinski definition) is 2. The molecule has 0 aliphatic carbocycles. The smallest absolute Gasteiger partial charge is 0.272 e. The monoisotopic (exact) mass is 319 g/mol. The van der Waals surface area contributed by atoms with Gasteiger partial charge in [0.2, 0.25) is 0 Å². The van der Waals surface area contributed by atoms with Gasteiger partial charge in [-0.1, -0.05) is 6.07 Å². The van der Waals surface area contributed by atoms with Crippen molar-refractivity contribution in [3.63, 3.8) is 0 Å². The van der Waals surface area contributed by atoms with Crippen molar-refractivity contribution in [3.05, 3.63) is 29.3 Å². The zero-order chi connectivity index (χ0) is 16.2. The zero-order valence-corrected chi connectivity index (χ0v) is 13.9. The first-order valence-corrected chi connectivity index (χ1v) is 7.95. The summed E-state index contributed by atoms with van der Waals surface area (Å²) in [6.07, 6.45) is -2.49. The van der Waals surface area contributed by atoms with Gasteiger partial charge < -0.3 is 4.74 Å². The molecule has 6 heteroatoms. The molecule has 2 atom stereocenters. The molecule has 0 aliphatic rings. The molecule has 0 spiro atoms. The van der Waals surface area contributed by atoms with Crippen molar-refractivity contribution >= 4 is 11.0 Å². The van der Waals surface area contributed by atoms with Crippen LogP contribution in [-0.4, -0.2) is 22.0 Å². The van der Waals surface area contributed by atoms with Gasteiger partial charge in [0.05, 0.1) is 15.7 Å². The highest BCUT2D eigenvalue weighted by molar-refractivity contribution is 7.84. The Morgan fingerprint density at radius 1 is 1.33 bits per heavy atom. The van der Waals surface area contributed by atoms with Gasteiger partial charge in [-0.3, -0.25) is 0 Å². The summed E-state index contributed by atoms with van der Waals surface area (Å²) in [7, 11) is -1.17. The molecule has 0 fully saturated rings. The molecule has 0 saturated heterocycles. The lowest BCUT2D eigenvalue weighted by atomic mass is 10.0. The molecule has 120 valence electrons. The second kappa shape index (κ2) is 7.31. The van der Waals surface area contributed by atoms with Crippen molar-refractivity contribution in [1.82, 2.24) is 4.72 Å². The van der Waals surface area contributed by atoms with Crippen LogP contribution in [0.3, 0.4) is 0 Å². The number of alkyl halides is 2. The molecule has 0 saturated carbocycles. The van der Waals surface area contributed by atoms with E-state index in [1.807, 2.05) is 40.7 Å². The molecule has 0 aliphatic heterocycles. The Morgan fingerprint density at radius 2 is 1.95 bits per heavy atom. The van der Waals surface area contributed by atoms with E-state index in [4.69, 9.17) is 4.74 Å². The highest BCUT2D eigenvalue weighted by Gasteiger charge is 2.22. The number of benzene rings is 1. The Bertz CT molecular complexity index is 501. The van der Waals surface area contributed by atoms with Crippen LogP contribution in [0.15, 0.2) is 18.2 Å². The van der Waals surface area contributed by atoms with Crippen molar-refractivity contribution in [2.45, 2.75) is 51.8 Å². The molecule has 21 heavy (non-hydrogen) atoms. The zero-order valence-electron chi connectivity index (χ0n) is 13.1. The van der Waals surface area contributed by atoms with Gasteiger partial charge in [-0.2, -0.15) is 0 Å². The van der Waals surface area contributed by atoms with Crippen LogP contribution in [0.25, 0.3) is 0 Å². The first kappa shape index (κ1) is 18.0. The second-order valence-electron chi connectivity index (χ2n) is 5.94. The molecule has 0 heterocycles. The van der Waals surface area contributed by atoms with Crippen molar-refractivity contribution in [2.24, 2.45) is 0 Å². The number of halogens is 2. The molecule has 3 nitrogen and oxygen atoms in total. The van der Waals surface area contributed by atoms with Crippen LogP contribution in [-0.2, 0) is 11.0 Å². The van der Waals surface area contributed by atoms with Gasteiger partial charge in [0.1, 0.15) is 12.4 Å². The van der Waals surface area contributed by atoms with Gasteiger partial charge in [-0.15, -0.1) is 0 Å². The largest absolute Gasteiger partial charge is 0.488 e. The fraction of sp³-hybridized carbons (Fsp3) is 0.600. The van der Waals surface area contributed by atoms with E-state index >= 15 is 0 Å². The standard InChI is InChI=1S/C15H23F2NO2S/c1-10-8-12(20-9-14(16)17)6-7-13(10)11(2)18-21(19)15(3,4)5/h6-8,11,14,18H,9H2,1-5H3. The van der Waals surface area contributed by atoms with E-state index < -0.39 is 24.0 Å². The summed E-state index contributed by atoms with van der Waals surface area (Å²) in [6, 6.07) is 5.08. The van der Waals surface area contributed by atoms with Crippen LogP contribution in [0, 0.1) is 6.92 Å². The van der Waals surface area contributed by atoms with Gasteiger partial charge in [0.15, 0.2) is 0 Å². The van der Waals surface area contributed by atoms with Crippen molar-refractivity contribution < 1.29 is 17.7 Å². The molecule has 0 bridgehead atoms. The third kappa shape index (κ3) is 5.71. The molecule has 2 unspecified atom stereocenters. The summed E-state index contributed by atoms with van der Waals surface area (Å²) in [5.41, 5.74) is 1.88. The summed E-state index contributed by atoms with van der Waals surface area (Å²) in [4.78, 5) is 0. The third-order valence-electron chi connectivity index (χ3n) is 2.92. The lowest BCUT2D eigenvalue weighted by molar-refractivity contribution is 0.0818. The van der Waals surface area contributed by atoms with Crippen molar-refractivity contribution in [3.8, 4) is 5.75 Å².